The Hall–Kier alpha value is -3.55. The molecular formula is C21H25N3O5. The first-order valence-corrected chi connectivity index (χ1v) is 9.37. The molecule has 0 aliphatic rings. The van der Waals surface area contributed by atoms with Crippen LogP contribution in [-0.2, 0) is 9.59 Å². The molecule has 8 nitrogen and oxygen atoms in total. The molecule has 0 aromatic heterocycles. The number of anilines is 1. The number of phenolic OH excluding ortho intramolecular Hbond substituents is 3. The van der Waals surface area contributed by atoms with Crippen molar-refractivity contribution < 1.29 is 24.9 Å². The van der Waals surface area contributed by atoms with Gasteiger partial charge in [0, 0.05) is 24.5 Å². The monoisotopic (exact) mass is 399 g/mol. The van der Waals surface area contributed by atoms with E-state index in [9.17, 15) is 24.9 Å². The lowest BCUT2D eigenvalue weighted by Crippen LogP contribution is -2.16. The lowest BCUT2D eigenvalue weighted by molar-refractivity contribution is -0.121. The summed E-state index contributed by atoms with van der Waals surface area (Å²) < 4.78 is 0. The van der Waals surface area contributed by atoms with Crippen LogP contribution in [0.1, 0.15) is 44.1 Å². The first-order valence-electron chi connectivity index (χ1n) is 9.37. The average molecular weight is 399 g/mol. The Morgan fingerprint density at radius 3 is 2.24 bits per heavy atom. The molecular weight excluding hydrogens is 374 g/mol. The van der Waals surface area contributed by atoms with E-state index < -0.39 is 0 Å². The van der Waals surface area contributed by atoms with Crippen LogP contribution in [0, 0.1) is 0 Å². The molecule has 8 heteroatoms. The van der Waals surface area contributed by atoms with Crippen molar-refractivity contribution in [1.29, 1.82) is 0 Å². The van der Waals surface area contributed by atoms with Gasteiger partial charge >= 0.3 is 0 Å². The maximum Gasteiger partial charge on any atom is 0.240 e. The Morgan fingerprint density at radius 1 is 0.862 bits per heavy atom. The summed E-state index contributed by atoms with van der Waals surface area (Å²) in [6.45, 7) is 0. The lowest BCUT2D eigenvalue weighted by atomic mass is 10.1. The van der Waals surface area contributed by atoms with E-state index in [1.165, 1.54) is 30.5 Å². The van der Waals surface area contributed by atoms with E-state index >= 15 is 0 Å². The summed E-state index contributed by atoms with van der Waals surface area (Å²) in [6, 6.07) is 10.6. The first kappa shape index (κ1) is 21.7. The number of carbonyl (C=O) groups excluding carboxylic acids is 2. The number of phenols is 3. The number of para-hydroxylation sites is 2. The molecule has 0 radical (unpaired) electrons. The summed E-state index contributed by atoms with van der Waals surface area (Å²) in [4.78, 5) is 23.6. The van der Waals surface area contributed by atoms with Crippen LogP contribution in [-0.4, -0.2) is 33.3 Å². The minimum Gasteiger partial charge on any atom is -0.508 e. The van der Waals surface area contributed by atoms with E-state index in [1.54, 1.807) is 18.2 Å². The van der Waals surface area contributed by atoms with Gasteiger partial charge in [0.2, 0.25) is 11.8 Å². The van der Waals surface area contributed by atoms with Crippen LogP contribution < -0.4 is 10.7 Å². The molecule has 0 saturated carbocycles. The second-order valence-corrected chi connectivity index (χ2v) is 6.52. The van der Waals surface area contributed by atoms with Crippen molar-refractivity contribution in [3.63, 3.8) is 0 Å². The van der Waals surface area contributed by atoms with Gasteiger partial charge in [-0.2, -0.15) is 5.10 Å². The van der Waals surface area contributed by atoms with E-state index in [4.69, 9.17) is 0 Å². The normalized spacial score (nSPS) is 10.8. The van der Waals surface area contributed by atoms with E-state index in [1.807, 2.05) is 0 Å². The largest absolute Gasteiger partial charge is 0.508 e. The molecule has 29 heavy (non-hydrogen) atoms. The van der Waals surface area contributed by atoms with Crippen LogP contribution in [0.4, 0.5) is 5.69 Å². The van der Waals surface area contributed by atoms with E-state index in [-0.39, 0.29) is 29.1 Å². The average Bonchev–Trinajstić information content (AvgIpc) is 2.68. The van der Waals surface area contributed by atoms with Crippen molar-refractivity contribution in [3.05, 3.63) is 48.0 Å². The molecule has 154 valence electrons. The van der Waals surface area contributed by atoms with Gasteiger partial charge in [-0.3, -0.25) is 9.59 Å². The predicted octanol–water partition coefficient (Wildman–Crippen LogP) is 3.23. The number of hydrazone groups is 1. The van der Waals surface area contributed by atoms with Gasteiger partial charge in [0.15, 0.2) is 0 Å². The number of rotatable bonds is 10. The molecule has 0 aliphatic heterocycles. The van der Waals surface area contributed by atoms with Crippen LogP contribution in [0.15, 0.2) is 47.6 Å². The van der Waals surface area contributed by atoms with Crippen LogP contribution in [0.5, 0.6) is 17.2 Å². The van der Waals surface area contributed by atoms with E-state index in [0.29, 0.717) is 36.9 Å². The molecule has 0 fully saturated rings. The van der Waals surface area contributed by atoms with E-state index in [2.05, 4.69) is 15.8 Å². The minimum atomic E-state index is -0.239. The van der Waals surface area contributed by atoms with Crippen molar-refractivity contribution in [3.8, 4) is 17.2 Å². The summed E-state index contributed by atoms with van der Waals surface area (Å²) >= 11 is 0. The molecule has 2 aromatic carbocycles. The fraction of sp³-hybridized carbons (Fsp3) is 0.286. The number of hydrogen-bond acceptors (Lipinski definition) is 6. The van der Waals surface area contributed by atoms with Gasteiger partial charge in [0.05, 0.1) is 11.9 Å². The van der Waals surface area contributed by atoms with Crippen LogP contribution in [0.3, 0.4) is 0 Å². The van der Waals surface area contributed by atoms with Gasteiger partial charge in [-0.15, -0.1) is 0 Å². The zero-order valence-electron chi connectivity index (χ0n) is 16.0. The van der Waals surface area contributed by atoms with Gasteiger partial charge in [0.25, 0.3) is 0 Å². The SMILES string of the molecule is O=C(CCCCCCC(=O)Nc1ccccc1O)N/N=C/c1ccc(O)cc1O. The number of hydrogen-bond donors (Lipinski definition) is 5. The molecule has 0 saturated heterocycles. The first-order chi connectivity index (χ1) is 14.0. The third kappa shape index (κ3) is 7.92. The van der Waals surface area contributed by atoms with Gasteiger partial charge < -0.3 is 20.6 Å². The third-order valence-electron chi connectivity index (χ3n) is 4.14. The number of unbranched alkanes of at least 4 members (excludes halogenated alkanes) is 3. The van der Waals surface area contributed by atoms with Crippen LogP contribution in [0.2, 0.25) is 0 Å². The van der Waals surface area contributed by atoms with Gasteiger partial charge in [-0.1, -0.05) is 25.0 Å². The van der Waals surface area contributed by atoms with Crippen molar-refractivity contribution in [1.82, 2.24) is 5.43 Å². The highest BCUT2D eigenvalue weighted by Crippen LogP contribution is 2.22. The van der Waals surface area contributed by atoms with Crippen molar-refractivity contribution >= 4 is 23.7 Å². The second-order valence-electron chi connectivity index (χ2n) is 6.52. The Bertz CT molecular complexity index is 867. The Morgan fingerprint density at radius 2 is 1.55 bits per heavy atom. The molecule has 0 spiro atoms. The number of nitrogens with one attached hydrogen (secondary N) is 2. The molecule has 5 N–H and O–H groups in total. The fourth-order valence-corrected chi connectivity index (χ4v) is 2.59. The van der Waals surface area contributed by atoms with E-state index in [0.717, 1.165) is 12.8 Å². The number of amides is 2. The third-order valence-corrected chi connectivity index (χ3v) is 4.14. The number of carbonyl (C=O) groups is 2. The van der Waals surface area contributed by atoms with Crippen LogP contribution >= 0.6 is 0 Å². The summed E-state index contributed by atoms with van der Waals surface area (Å²) in [5, 5.41) is 34.9. The summed E-state index contributed by atoms with van der Waals surface area (Å²) in [6.07, 6.45) is 4.94. The number of benzene rings is 2. The van der Waals surface area contributed by atoms with Gasteiger partial charge in [-0.05, 0) is 37.1 Å². The molecule has 2 rings (SSSR count). The number of nitrogens with zero attached hydrogens (tertiary/aromatic N) is 1. The molecule has 0 unspecified atom stereocenters. The van der Waals surface area contributed by atoms with Gasteiger partial charge in [0.1, 0.15) is 17.2 Å². The zero-order valence-corrected chi connectivity index (χ0v) is 16.0. The highest BCUT2D eigenvalue weighted by Gasteiger charge is 2.06. The Balaban J connectivity index is 1.55. The maximum absolute atomic E-state index is 11.8. The Labute approximate surface area is 168 Å². The van der Waals surface area contributed by atoms with Crippen molar-refractivity contribution in [2.45, 2.75) is 38.5 Å². The van der Waals surface area contributed by atoms with Crippen LogP contribution in [0.25, 0.3) is 0 Å². The minimum absolute atomic E-state index is 0.0372. The molecule has 0 atom stereocenters. The lowest BCUT2D eigenvalue weighted by Gasteiger charge is -2.06. The van der Waals surface area contributed by atoms with Gasteiger partial charge in [-0.25, -0.2) is 5.43 Å². The van der Waals surface area contributed by atoms with Crippen molar-refractivity contribution in [2.75, 3.05) is 5.32 Å². The number of aromatic hydroxyl groups is 3. The smallest absolute Gasteiger partial charge is 0.240 e. The molecule has 0 bridgehead atoms. The predicted molar refractivity (Wildman–Crippen MR) is 110 cm³/mol. The molecule has 0 heterocycles. The highest BCUT2D eigenvalue weighted by molar-refractivity contribution is 5.92. The fourth-order valence-electron chi connectivity index (χ4n) is 2.59. The topological polar surface area (TPSA) is 131 Å². The molecule has 2 amide bonds. The Kier molecular flexibility index (Phi) is 8.50. The summed E-state index contributed by atoms with van der Waals surface area (Å²) in [5.74, 6) is -0.545. The summed E-state index contributed by atoms with van der Waals surface area (Å²) in [5.41, 5.74) is 3.16. The molecule has 0 aliphatic carbocycles. The standard InChI is InChI=1S/C21H25N3O5/c25-16-12-11-15(19(27)13-16)14-22-24-21(29)10-4-2-1-3-9-20(28)23-17-7-5-6-8-18(17)26/h5-8,11-14,25-27H,1-4,9-10H2,(H,23,28)(H,24,29)/b22-14+. The van der Waals surface area contributed by atoms with Crippen molar-refractivity contribution in [2.24, 2.45) is 5.10 Å². The maximum atomic E-state index is 11.8. The quantitative estimate of drug-likeness (QED) is 0.181. The summed E-state index contributed by atoms with van der Waals surface area (Å²) in [7, 11) is 0. The highest BCUT2D eigenvalue weighted by atomic mass is 16.3. The second kappa shape index (κ2) is 11.3. The molecule has 2 aromatic rings. The zero-order chi connectivity index (χ0) is 21.1.